The van der Waals surface area contributed by atoms with Gasteiger partial charge in [0.05, 0.1) is 0 Å². The number of nitrogens with zero attached hydrogens (tertiary/aromatic N) is 3. The van der Waals surface area contributed by atoms with Crippen molar-refractivity contribution in [3.8, 4) is 0 Å². The third kappa shape index (κ3) is 6.14. The predicted molar refractivity (Wildman–Crippen MR) is 123 cm³/mol. The number of carbonyl (C=O) groups excluding carboxylic acids is 1. The van der Waals surface area contributed by atoms with E-state index in [4.69, 9.17) is 5.11 Å². The van der Waals surface area contributed by atoms with Crippen molar-refractivity contribution in [3.05, 3.63) is 66.2 Å². The van der Waals surface area contributed by atoms with Gasteiger partial charge in [-0.2, -0.15) is 0 Å². The number of piperazine rings is 1. The minimum atomic E-state index is 0.239. The second-order valence-corrected chi connectivity index (χ2v) is 8.23. The maximum absolute atomic E-state index is 13.0. The molecule has 2 aromatic carbocycles. The van der Waals surface area contributed by atoms with Crippen LogP contribution in [0.5, 0.6) is 0 Å². The van der Waals surface area contributed by atoms with Crippen LogP contribution in [0, 0.1) is 5.92 Å². The van der Waals surface area contributed by atoms with Gasteiger partial charge >= 0.3 is 0 Å². The smallest absolute Gasteiger partial charge is 0.230 e. The summed E-state index contributed by atoms with van der Waals surface area (Å²) in [6.45, 7) is 5.03. The van der Waals surface area contributed by atoms with Gasteiger partial charge in [-0.1, -0.05) is 48.5 Å². The number of rotatable bonds is 7. The van der Waals surface area contributed by atoms with E-state index in [9.17, 15) is 4.79 Å². The highest BCUT2D eigenvalue weighted by atomic mass is 16.2. The van der Waals surface area contributed by atoms with E-state index in [2.05, 4.69) is 59.3 Å². The molecule has 2 aliphatic rings. The first-order valence-corrected chi connectivity index (χ1v) is 11.0. The molecule has 5 heteroatoms. The number of carbonyl (C=O) groups is 1. The van der Waals surface area contributed by atoms with Gasteiger partial charge in [-0.05, 0) is 44.0 Å². The topological polar surface area (TPSA) is 47.0 Å². The van der Waals surface area contributed by atoms with Crippen LogP contribution in [0.1, 0.15) is 18.4 Å². The van der Waals surface area contributed by atoms with Crippen LogP contribution in [0.2, 0.25) is 0 Å². The molecular weight excluding hydrogens is 374 g/mol. The van der Waals surface area contributed by atoms with E-state index in [0.717, 1.165) is 64.8 Å². The maximum Gasteiger partial charge on any atom is 0.230 e. The normalized spacial score (nSPS) is 19.6. The fourth-order valence-electron chi connectivity index (χ4n) is 4.03. The van der Waals surface area contributed by atoms with E-state index in [-0.39, 0.29) is 5.92 Å². The minimum Gasteiger partial charge on any atom is -0.400 e. The lowest BCUT2D eigenvalue weighted by Gasteiger charge is -2.41. The molecule has 0 bridgehead atoms. The van der Waals surface area contributed by atoms with Crippen LogP contribution in [-0.4, -0.2) is 73.7 Å². The van der Waals surface area contributed by atoms with Gasteiger partial charge < -0.3 is 14.9 Å². The zero-order valence-corrected chi connectivity index (χ0v) is 18.3. The van der Waals surface area contributed by atoms with Crippen LogP contribution in [-0.2, 0) is 11.2 Å². The summed E-state index contributed by atoms with van der Waals surface area (Å²) < 4.78 is 0. The quantitative estimate of drug-likeness (QED) is 0.764. The Hall–Kier alpha value is -2.21. The number of aliphatic hydroxyl groups is 1. The average molecular weight is 410 g/mol. The predicted octanol–water partition coefficient (Wildman–Crippen LogP) is 2.90. The summed E-state index contributed by atoms with van der Waals surface area (Å²) in [6, 6.07) is 21.3. The van der Waals surface area contributed by atoms with Crippen molar-refractivity contribution in [2.45, 2.75) is 25.3 Å². The maximum atomic E-state index is 13.0. The molecule has 30 heavy (non-hydrogen) atoms. The van der Waals surface area contributed by atoms with E-state index >= 15 is 0 Å². The number of hydrogen-bond acceptors (Lipinski definition) is 4. The van der Waals surface area contributed by atoms with Gasteiger partial charge in [0.15, 0.2) is 0 Å². The number of aliphatic hydroxyl groups excluding tert-OH is 1. The number of likely N-dealkylation sites (N-methyl/N-ethyl adjacent to an activating group) is 1. The SMILES string of the molecule is CN1CCN(CCc2ccccc2)CC1CN(C(=O)C1CC1)c1ccccc1.CO. The largest absolute Gasteiger partial charge is 0.400 e. The fourth-order valence-corrected chi connectivity index (χ4v) is 4.03. The van der Waals surface area contributed by atoms with Crippen LogP contribution >= 0.6 is 0 Å². The standard InChI is InChI=1S/C24H31N3O.CH4O/c1-25-16-17-26(15-14-20-8-4-2-5-9-20)18-23(25)19-27(24(28)21-12-13-21)22-10-6-3-7-11-22;1-2/h2-11,21,23H,12-19H2,1H3;2H,1H3. The number of para-hydroxylation sites is 1. The lowest BCUT2D eigenvalue weighted by Crippen LogP contribution is -2.56. The number of anilines is 1. The summed E-state index contributed by atoms with van der Waals surface area (Å²) >= 11 is 0. The van der Waals surface area contributed by atoms with Gasteiger partial charge in [-0.3, -0.25) is 9.69 Å². The highest BCUT2D eigenvalue weighted by Gasteiger charge is 2.36. The Balaban J connectivity index is 0.00000124. The van der Waals surface area contributed by atoms with Crippen molar-refractivity contribution < 1.29 is 9.90 Å². The zero-order valence-electron chi connectivity index (χ0n) is 18.3. The molecule has 0 radical (unpaired) electrons. The summed E-state index contributed by atoms with van der Waals surface area (Å²) in [5, 5.41) is 7.00. The molecule has 162 valence electrons. The molecule has 1 N–H and O–H groups in total. The molecule has 1 unspecified atom stereocenters. The molecule has 1 saturated heterocycles. The molecule has 0 spiro atoms. The third-order valence-electron chi connectivity index (χ3n) is 6.07. The van der Waals surface area contributed by atoms with E-state index in [1.54, 1.807) is 0 Å². The molecule has 1 aliphatic carbocycles. The van der Waals surface area contributed by atoms with Crippen LogP contribution < -0.4 is 4.90 Å². The molecule has 1 amide bonds. The summed E-state index contributed by atoms with van der Waals surface area (Å²) in [4.78, 5) is 20.0. The Morgan fingerprint density at radius 3 is 2.27 bits per heavy atom. The molecule has 1 atom stereocenters. The van der Waals surface area contributed by atoms with Crippen LogP contribution in [0.15, 0.2) is 60.7 Å². The molecular formula is C25H35N3O2. The Labute approximate surface area is 180 Å². The van der Waals surface area contributed by atoms with Crippen molar-refractivity contribution in [2.24, 2.45) is 5.92 Å². The molecule has 2 aromatic rings. The second-order valence-electron chi connectivity index (χ2n) is 8.23. The van der Waals surface area contributed by atoms with Crippen molar-refractivity contribution in [3.63, 3.8) is 0 Å². The Bertz CT molecular complexity index is 764. The monoisotopic (exact) mass is 409 g/mol. The van der Waals surface area contributed by atoms with Gasteiger partial charge in [0.1, 0.15) is 0 Å². The van der Waals surface area contributed by atoms with Crippen molar-refractivity contribution in [1.82, 2.24) is 9.80 Å². The van der Waals surface area contributed by atoms with E-state index in [1.165, 1.54) is 5.56 Å². The zero-order chi connectivity index (χ0) is 21.3. The molecule has 4 rings (SSSR count). The lowest BCUT2D eigenvalue weighted by atomic mass is 10.1. The number of hydrogen-bond donors (Lipinski definition) is 1. The van der Waals surface area contributed by atoms with Gasteiger partial charge in [0.2, 0.25) is 5.91 Å². The molecule has 2 fully saturated rings. The Morgan fingerprint density at radius 2 is 1.63 bits per heavy atom. The Morgan fingerprint density at radius 1 is 1.00 bits per heavy atom. The first kappa shape index (κ1) is 22.5. The molecule has 5 nitrogen and oxygen atoms in total. The lowest BCUT2D eigenvalue weighted by molar-refractivity contribution is -0.120. The van der Waals surface area contributed by atoms with Crippen molar-refractivity contribution >= 4 is 11.6 Å². The molecule has 1 heterocycles. The first-order chi connectivity index (χ1) is 14.7. The third-order valence-corrected chi connectivity index (χ3v) is 6.07. The minimum absolute atomic E-state index is 0.239. The van der Waals surface area contributed by atoms with Crippen molar-refractivity contribution in [2.75, 3.05) is 51.8 Å². The number of benzene rings is 2. The highest BCUT2D eigenvalue weighted by Crippen LogP contribution is 2.33. The van der Waals surface area contributed by atoms with Crippen LogP contribution in [0.25, 0.3) is 0 Å². The van der Waals surface area contributed by atoms with E-state index in [0.29, 0.717) is 11.9 Å². The summed E-state index contributed by atoms with van der Waals surface area (Å²) in [7, 11) is 3.20. The van der Waals surface area contributed by atoms with Crippen LogP contribution in [0.3, 0.4) is 0 Å². The first-order valence-electron chi connectivity index (χ1n) is 11.0. The number of amides is 1. The average Bonchev–Trinajstić information content (AvgIpc) is 3.65. The molecule has 1 saturated carbocycles. The highest BCUT2D eigenvalue weighted by molar-refractivity contribution is 5.96. The summed E-state index contributed by atoms with van der Waals surface area (Å²) in [5.74, 6) is 0.546. The fraction of sp³-hybridized carbons (Fsp3) is 0.480. The van der Waals surface area contributed by atoms with E-state index < -0.39 is 0 Å². The molecule has 0 aromatic heterocycles. The van der Waals surface area contributed by atoms with Crippen LogP contribution in [0.4, 0.5) is 5.69 Å². The Kier molecular flexibility index (Phi) is 8.43. The van der Waals surface area contributed by atoms with Gasteiger partial charge in [-0.25, -0.2) is 0 Å². The summed E-state index contributed by atoms with van der Waals surface area (Å²) in [6.07, 6.45) is 3.18. The molecule has 1 aliphatic heterocycles. The second kappa shape index (κ2) is 11.3. The van der Waals surface area contributed by atoms with E-state index in [1.807, 2.05) is 23.1 Å². The van der Waals surface area contributed by atoms with Gasteiger partial charge in [0, 0.05) is 57.5 Å². The van der Waals surface area contributed by atoms with Gasteiger partial charge in [0.25, 0.3) is 0 Å². The summed E-state index contributed by atoms with van der Waals surface area (Å²) in [5.41, 5.74) is 2.43. The van der Waals surface area contributed by atoms with Gasteiger partial charge in [-0.15, -0.1) is 0 Å². The van der Waals surface area contributed by atoms with Crippen molar-refractivity contribution in [1.29, 1.82) is 0 Å².